The van der Waals surface area contributed by atoms with E-state index in [2.05, 4.69) is 6.07 Å². The Morgan fingerprint density at radius 3 is 2.83 bits per heavy atom. The molecule has 1 aromatic carbocycles. The summed E-state index contributed by atoms with van der Waals surface area (Å²) in [5, 5.41) is 1.12. The van der Waals surface area contributed by atoms with E-state index < -0.39 is 0 Å². The number of thiazole rings is 1. The number of para-hydroxylation sites is 1. The molecule has 0 fully saturated rings. The van der Waals surface area contributed by atoms with E-state index in [1.807, 2.05) is 36.6 Å². The lowest BCUT2D eigenvalue weighted by molar-refractivity contribution is -0.661. The number of benzene rings is 1. The van der Waals surface area contributed by atoms with Crippen molar-refractivity contribution in [1.82, 2.24) is 0 Å². The van der Waals surface area contributed by atoms with Crippen LogP contribution in [0, 0.1) is 6.92 Å². The maximum atomic E-state index is 11.6. The van der Waals surface area contributed by atoms with Crippen LogP contribution in [0.5, 0.6) is 0 Å². The number of carbonyl (C=O) groups is 1. The summed E-state index contributed by atoms with van der Waals surface area (Å²) in [5.74, 6) is -0.163. The summed E-state index contributed by atoms with van der Waals surface area (Å²) in [4.78, 5) is 11.6. The van der Waals surface area contributed by atoms with Gasteiger partial charge in [-0.05, 0) is 12.5 Å². The molecule has 1 heterocycles. The van der Waals surface area contributed by atoms with Crippen LogP contribution >= 0.6 is 11.3 Å². The van der Waals surface area contributed by atoms with Crippen LogP contribution < -0.4 is 21.5 Å². The first-order chi connectivity index (χ1) is 8.22. The molecule has 0 aliphatic carbocycles. The number of nitrogens with zero attached hydrogens (tertiary/aromatic N) is 1. The molecule has 2 rings (SSSR count). The standard InChI is InChI=1S/C13H16NO2S.BrH/c1-3-8-16-13(15)9-14-10(2)17-12-7-5-4-6-11(12)14;/h4-7H,3,8-9H2,1-2H3;1H/q+1;/p-1. The number of fused-ring (bicyclic) bond motifs is 1. The van der Waals surface area contributed by atoms with Gasteiger partial charge in [-0.2, -0.15) is 4.57 Å². The van der Waals surface area contributed by atoms with E-state index in [0.717, 1.165) is 16.9 Å². The lowest BCUT2D eigenvalue weighted by Crippen LogP contribution is -3.00. The van der Waals surface area contributed by atoms with Crippen LogP contribution in [-0.2, 0) is 16.1 Å². The van der Waals surface area contributed by atoms with Gasteiger partial charge >= 0.3 is 5.97 Å². The number of carbonyl (C=O) groups excluding carboxylic acids is 1. The summed E-state index contributed by atoms with van der Waals surface area (Å²) in [6.07, 6.45) is 0.861. The van der Waals surface area contributed by atoms with Gasteiger partial charge in [0.2, 0.25) is 17.1 Å². The summed E-state index contributed by atoms with van der Waals surface area (Å²) in [7, 11) is 0. The second kappa shape index (κ2) is 6.85. The van der Waals surface area contributed by atoms with E-state index in [-0.39, 0.29) is 23.0 Å². The van der Waals surface area contributed by atoms with Gasteiger partial charge in [-0.3, -0.25) is 0 Å². The van der Waals surface area contributed by atoms with E-state index >= 15 is 0 Å². The van der Waals surface area contributed by atoms with Crippen LogP contribution in [0.3, 0.4) is 0 Å². The number of ether oxygens (including phenoxy) is 1. The molecule has 18 heavy (non-hydrogen) atoms. The summed E-state index contributed by atoms with van der Waals surface area (Å²) < 4.78 is 8.33. The average molecular weight is 330 g/mol. The molecule has 1 aromatic heterocycles. The Bertz CT molecular complexity index is 539. The van der Waals surface area contributed by atoms with Crippen molar-refractivity contribution in [2.75, 3.05) is 6.61 Å². The number of hydrogen-bond donors (Lipinski definition) is 0. The molecule has 0 radical (unpaired) electrons. The predicted molar refractivity (Wildman–Crippen MR) is 68.0 cm³/mol. The van der Waals surface area contributed by atoms with Gasteiger partial charge in [0.25, 0.3) is 0 Å². The molecule has 0 spiro atoms. The second-order valence-corrected chi connectivity index (χ2v) is 5.13. The van der Waals surface area contributed by atoms with Gasteiger partial charge in [0, 0.05) is 13.0 Å². The third-order valence-electron chi connectivity index (χ3n) is 2.55. The van der Waals surface area contributed by atoms with E-state index in [4.69, 9.17) is 4.74 Å². The average Bonchev–Trinajstić information content (AvgIpc) is 2.64. The molecule has 98 valence electrons. The topological polar surface area (TPSA) is 30.2 Å². The normalized spacial score (nSPS) is 10.1. The van der Waals surface area contributed by atoms with Gasteiger partial charge in [-0.1, -0.05) is 30.4 Å². The zero-order chi connectivity index (χ0) is 12.3. The maximum absolute atomic E-state index is 11.6. The van der Waals surface area contributed by atoms with Crippen LogP contribution in [0.1, 0.15) is 18.4 Å². The zero-order valence-electron chi connectivity index (χ0n) is 10.5. The van der Waals surface area contributed by atoms with Crippen molar-refractivity contribution >= 4 is 27.5 Å². The van der Waals surface area contributed by atoms with Crippen LogP contribution in [-0.4, -0.2) is 12.6 Å². The van der Waals surface area contributed by atoms with E-state index in [9.17, 15) is 4.79 Å². The van der Waals surface area contributed by atoms with Crippen molar-refractivity contribution in [2.45, 2.75) is 26.8 Å². The fraction of sp³-hybridized carbons (Fsp3) is 0.385. The molecule has 0 aliphatic heterocycles. The highest BCUT2D eigenvalue weighted by Crippen LogP contribution is 2.19. The van der Waals surface area contributed by atoms with Gasteiger partial charge in [-0.15, -0.1) is 0 Å². The molecule has 0 aliphatic rings. The number of aromatic nitrogens is 1. The summed E-state index contributed by atoms with van der Waals surface area (Å²) >= 11 is 1.70. The van der Waals surface area contributed by atoms with Gasteiger partial charge in [-0.25, -0.2) is 4.79 Å². The number of hydrogen-bond acceptors (Lipinski definition) is 3. The smallest absolute Gasteiger partial charge is 0.372 e. The minimum Gasteiger partial charge on any atom is -1.00 e. The highest BCUT2D eigenvalue weighted by atomic mass is 79.9. The van der Waals surface area contributed by atoms with Crippen molar-refractivity contribution < 1.29 is 31.1 Å². The molecular weight excluding hydrogens is 314 g/mol. The largest absolute Gasteiger partial charge is 1.00 e. The van der Waals surface area contributed by atoms with Crippen molar-refractivity contribution in [3.05, 3.63) is 29.3 Å². The van der Waals surface area contributed by atoms with Crippen molar-refractivity contribution in [1.29, 1.82) is 0 Å². The first-order valence-corrected chi connectivity index (χ1v) is 6.57. The molecule has 0 saturated carbocycles. The zero-order valence-corrected chi connectivity index (χ0v) is 12.9. The number of aryl methyl sites for hydroxylation is 1. The van der Waals surface area contributed by atoms with Gasteiger partial charge in [0.15, 0.2) is 0 Å². The minimum absolute atomic E-state index is 0. The van der Waals surface area contributed by atoms with Gasteiger partial charge < -0.3 is 21.7 Å². The van der Waals surface area contributed by atoms with Crippen LogP contribution in [0.15, 0.2) is 24.3 Å². The summed E-state index contributed by atoms with van der Waals surface area (Å²) in [6, 6.07) is 8.10. The predicted octanol–water partition coefficient (Wildman–Crippen LogP) is -0.546. The Balaban J connectivity index is 0.00000162. The van der Waals surface area contributed by atoms with E-state index in [1.165, 1.54) is 4.70 Å². The Kier molecular flexibility index (Phi) is 5.75. The Morgan fingerprint density at radius 1 is 1.39 bits per heavy atom. The third kappa shape index (κ3) is 3.29. The molecule has 2 aromatic rings. The molecule has 0 amide bonds. The number of rotatable bonds is 4. The molecule has 0 saturated heterocycles. The first-order valence-electron chi connectivity index (χ1n) is 5.76. The maximum Gasteiger partial charge on any atom is 0.372 e. The lowest BCUT2D eigenvalue weighted by atomic mass is 10.3. The Labute approximate surface area is 121 Å². The summed E-state index contributed by atoms with van der Waals surface area (Å²) in [5.41, 5.74) is 1.10. The fourth-order valence-corrected chi connectivity index (χ4v) is 2.76. The number of halogens is 1. The van der Waals surface area contributed by atoms with Crippen LogP contribution in [0.4, 0.5) is 0 Å². The van der Waals surface area contributed by atoms with Crippen LogP contribution in [0.25, 0.3) is 10.2 Å². The number of esters is 1. The molecule has 0 N–H and O–H groups in total. The van der Waals surface area contributed by atoms with Crippen molar-refractivity contribution in [3.8, 4) is 0 Å². The monoisotopic (exact) mass is 329 g/mol. The molecule has 0 unspecified atom stereocenters. The first kappa shape index (κ1) is 15.1. The van der Waals surface area contributed by atoms with E-state index in [0.29, 0.717) is 13.2 Å². The summed E-state index contributed by atoms with van der Waals surface area (Å²) in [6.45, 7) is 4.82. The molecule has 0 atom stereocenters. The van der Waals surface area contributed by atoms with Crippen molar-refractivity contribution in [2.24, 2.45) is 0 Å². The quantitative estimate of drug-likeness (QED) is 0.557. The highest BCUT2D eigenvalue weighted by molar-refractivity contribution is 7.18. The fourth-order valence-electron chi connectivity index (χ4n) is 1.74. The molecule has 0 bridgehead atoms. The minimum atomic E-state index is -0.163. The van der Waals surface area contributed by atoms with Crippen LogP contribution in [0.2, 0.25) is 0 Å². The SMILES string of the molecule is CCCOC(=O)C[n+]1c(C)sc2ccccc21.[Br-]. The van der Waals surface area contributed by atoms with Crippen molar-refractivity contribution in [3.63, 3.8) is 0 Å². The molecule has 3 nitrogen and oxygen atoms in total. The Hall–Kier alpha value is -0.940. The van der Waals surface area contributed by atoms with Gasteiger partial charge in [0.1, 0.15) is 4.70 Å². The van der Waals surface area contributed by atoms with Gasteiger partial charge in [0.05, 0.1) is 6.61 Å². The third-order valence-corrected chi connectivity index (χ3v) is 3.63. The Morgan fingerprint density at radius 2 is 2.11 bits per heavy atom. The highest BCUT2D eigenvalue weighted by Gasteiger charge is 2.20. The molecule has 5 heteroatoms. The van der Waals surface area contributed by atoms with E-state index in [1.54, 1.807) is 11.3 Å². The second-order valence-electron chi connectivity index (χ2n) is 3.90. The lowest BCUT2D eigenvalue weighted by Gasteiger charge is -1.99. The molecular formula is C13H16BrNO2S.